The number of halogens is 1. The molecule has 0 spiro atoms. The van der Waals surface area contributed by atoms with Gasteiger partial charge in [-0.1, -0.05) is 17.7 Å². The van der Waals surface area contributed by atoms with Gasteiger partial charge >= 0.3 is 6.03 Å². The lowest BCUT2D eigenvalue weighted by Crippen LogP contribution is -2.54. The predicted molar refractivity (Wildman–Crippen MR) is 117 cm³/mol. The summed E-state index contributed by atoms with van der Waals surface area (Å²) in [7, 11) is 0. The smallest absolute Gasteiger partial charge is 0.318 e. The van der Waals surface area contributed by atoms with Gasteiger partial charge in [-0.25, -0.2) is 9.78 Å². The van der Waals surface area contributed by atoms with Gasteiger partial charge in [-0.05, 0) is 30.7 Å². The lowest BCUT2D eigenvalue weighted by Gasteiger charge is -2.39. The molecule has 7 nitrogen and oxygen atoms in total. The van der Waals surface area contributed by atoms with Crippen molar-refractivity contribution in [2.24, 2.45) is 0 Å². The largest absolute Gasteiger partial charge is 0.344 e. The number of hydrogen-bond acceptors (Lipinski definition) is 6. The van der Waals surface area contributed by atoms with Gasteiger partial charge in [0.25, 0.3) is 0 Å². The maximum Gasteiger partial charge on any atom is 0.344 e. The van der Waals surface area contributed by atoms with E-state index >= 15 is 0 Å². The number of hydrogen-bond donors (Lipinski definition) is 0. The summed E-state index contributed by atoms with van der Waals surface area (Å²) < 4.78 is 1.25. The molecule has 1 aromatic carbocycles. The van der Waals surface area contributed by atoms with Crippen molar-refractivity contribution in [1.82, 2.24) is 24.6 Å². The average Bonchev–Trinajstić information content (AvgIpc) is 3.41. The van der Waals surface area contributed by atoms with Crippen molar-refractivity contribution in [3.05, 3.63) is 58.3 Å². The first-order chi connectivity index (χ1) is 14.4. The highest BCUT2D eigenvalue weighted by Gasteiger charge is 2.29. The van der Waals surface area contributed by atoms with Gasteiger partial charge in [0.05, 0.1) is 5.02 Å². The Hall–Kier alpha value is -2.55. The van der Waals surface area contributed by atoms with Crippen molar-refractivity contribution in [2.45, 2.75) is 26.4 Å². The van der Waals surface area contributed by atoms with Gasteiger partial charge in [0.1, 0.15) is 10.7 Å². The summed E-state index contributed by atoms with van der Waals surface area (Å²) in [6, 6.07) is 7.45. The number of piperazine rings is 1. The number of carbonyl (C=O) groups excluding carboxylic acids is 2. The minimum Gasteiger partial charge on any atom is -0.318 e. The molecule has 1 fully saturated rings. The Kier molecular flexibility index (Phi) is 5.99. The van der Waals surface area contributed by atoms with Gasteiger partial charge in [0.2, 0.25) is 0 Å². The van der Waals surface area contributed by atoms with Gasteiger partial charge in [-0.15, -0.1) is 11.3 Å². The van der Waals surface area contributed by atoms with E-state index in [2.05, 4.69) is 21.0 Å². The number of carbonyl (C=O) groups is 2. The van der Waals surface area contributed by atoms with Gasteiger partial charge in [-0.2, -0.15) is 9.78 Å². The van der Waals surface area contributed by atoms with E-state index in [-0.39, 0.29) is 17.9 Å². The first-order valence-electron chi connectivity index (χ1n) is 9.70. The van der Waals surface area contributed by atoms with Crippen molar-refractivity contribution in [1.29, 1.82) is 0 Å². The van der Waals surface area contributed by atoms with Gasteiger partial charge in [0, 0.05) is 62.5 Å². The molecule has 0 unspecified atom stereocenters. The molecule has 1 saturated heterocycles. The van der Waals surface area contributed by atoms with Crippen LogP contribution in [0.2, 0.25) is 5.02 Å². The first-order valence-corrected chi connectivity index (χ1v) is 11.0. The molecule has 1 aliphatic rings. The van der Waals surface area contributed by atoms with E-state index in [1.807, 2.05) is 24.4 Å². The van der Waals surface area contributed by atoms with Gasteiger partial charge < -0.3 is 4.90 Å². The minimum absolute atomic E-state index is 0.0296. The number of Topliss-reactive ketones (excluding diaryl/α,β-unsaturated/α-hetero) is 1. The third-order valence-corrected chi connectivity index (χ3v) is 6.34. The summed E-state index contributed by atoms with van der Waals surface area (Å²) in [5.41, 5.74) is 2.41. The van der Waals surface area contributed by atoms with Gasteiger partial charge in [0.15, 0.2) is 5.78 Å². The summed E-state index contributed by atoms with van der Waals surface area (Å²) in [4.78, 5) is 32.7. The molecule has 0 saturated carbocycles. The summed E-state index contributed by atoms with van der Waals surface area (Å²) in [5.74, 6) is -0.153. The molecule has 1 atom stereocenters. The molecule has 0 radical (unpaired) electrons. The normalized spacial score (nSPS) is 17.3. The van der Waals surface area contributed by atoms with Crippen LogP contribution in [0.3, 0.4) is 0 Å². The topological polar surface area (TPSA) is 71.3 Å². The fourth-order valence-corrected chi connectivity index (χ4v) is 4.59. The summed E-state index contributed by atoms with van der Waals surface area (Å²) >= 11 is 7.93. The van der Waals surface area contributed by atoms with Crippen molar-refractivity contribution in [2.75, 3.05) is 19.6 Å². The molecule has 0 bridgehead atoms. The van der Waals surface area contributed by atoms with Crippen LogP contribution in [-0.2, 0) is 6.54 Å². The summed E-state index contributed by atoms with van der Waals surface area (Å²) in [6.45, 7) is 6.35. The molecule has 9 heteroatoms. The Morgan fingerprint density at radius 2 is 2.10 bits per heavy atom. The van der Waals surface area contributed by atoms with Gasteiger partial charge in [-0.3, -0.25) is 9.69 Å². The Morgan fingerprint density at radius 3 is 2.77 bits per heavy atom. The van der Waals surface area contributed by atoms with E-state index in [0.29, 0.717) is 17.3 Å². The SMILES string of the molecule is CC(=O)c1ccn(C(=O)N2CCN(Cc3ccc(Cl)c(-c4nccs4)c3)C[C@@H]2C)n1. The van der Waals surface area contributed by atoms with Crippen molar-refractivity contribution in [3.8, 4) is 10.6 Å². The Bertz CT molecular complexity index is 1070. The molecule has 4 rings (SSSR count). The van der Waals surface area contributed by atoms with Crippen LogP contribution in [0.1, 0.15) is 29.9 Å². The number of rotatable bonds is 4. The maximum atomic E-state index is 12.8. The molecule has 3 aromatic rings. The number of ketones is 1. The van der Waals surface area contributed by atoms with E-state index in [9.17, 15) is 9.59 Å². The number of thiazole rings is 1. The quantitative estimate of drug-likeness (QED) is 0.569. The lowest BCUT2D eigenvalue weighted by atomic mass is 10.1. The molecule has 1 amide bonds. The summed E-state index contributed by atoms with van der Waals surface area (Å²) in [5, 5.41) is 7.64. The summed E-state index contributed by atoms with van der Waals surface area (Å²) in [6.07, 6.45) is 3.33. The fourth-order valence-electron chi connectivity index (χ4n) is 3.66. The molecule has 0 N–H and O–H groups in total. The zero-order valence-corrected chi connectivity index (χ0v) is 18.4. The third kappa shape index (κ3) is 4.30. The number of amides is 1. The molecule has 1 aliphatic heterocycles. The average molecular weight is 444 g/mol. The Balaban J connectivity index is 1.42. The van der Waals surface area contributed by atoms with E-state index < -0.39 is 0 Å². The standard InChI is InChI=1S/C21H22ClN5O2S/c1-14-12-25(8-9-26(14)21(29)27-7-5-19(24-27)15(2)28)13-16-3-4-18(22)17(11-16)20-23-6-10-30-20/h3-7,10-11,14H,8-9,12-13H2,1-2H3/t14-/m0/s1. The molecular weight excluding hydrogens is 422 g/mol. The van der Waals surface area contributed by atoms with E-state index in [4.69, 9.17) is 11.6 Å². The molecule has 30 heavy (non-hydrogen) atoms. The van der Waals surface area contributed by atoms with E-state index in [1.165, 1.54) is 11.6 Å². The zero-order chi connectivity index (χ0) is 21.3. The van der Waals surface area contributed by atoms with Crippen LogP contribution in [0.5, 0.6) is 0 Å². The second kappa shape index (κ2) is 8.67. The number of nitrogens with zero attached hydrogens (tertiary/aromatic N) is 5. The van der Waals surface area contributed by atoms with Crippen LogP contribution in [0.4, 0.5) is 4.79 Å². The highest BCUT2D eigenvalue weighted by atomic mass is 35.5. The fraction of sp³-hybridized carbons (Fsp3) is 0.333. The minimum atomic E-state index is -0.202. The first kappa shape index (κ1) is 20.7. The van der Waals surface area contributed by atoms with E-state index in [0.717, 1.165) is 35.8 Å². The van der Waals surface area contributed by atoms with Crippen molar-refractivity contribution >= 4 is 34.8 Å². The van der Waals surface area contributed by atoms with Crippen molar-refractivity contribution in [3.63, 3.8) is 0 Å². The van der Waals surface area contributed by atoms with Crippen molar-refractivity contribution < 1.29 is 9.59 Å². The second-order valence-electron chi connectivity index (χ2n) is 7.41. The van der Waals surface area contributed by atoms with Crippen LogP contribution in [0, 0.1) is 0 Å². The lowest BCUT2D eigenvalue weighted by molar-refractivity contribution is 0.0965. The van der Waals surface area contributed by atoms with E-state index in [1.54, 1.807) is 34.7 Å². The van der Waals surface area contributed by atoms with Crippen LogP contribution >= 0.6 is 22.9 Å². The highest BCUT2D eigenvalue weighted by Crippen LogP contribution is 2.30. The molecule has 0 aliphatic carbocycles. The van der Waals surface area contributed by atoms with Crippen LogP contribution in [-0.4, -0.2) is 62.1 Å². The van der Waals surface area contributed by atoms with Crippen LogP contribution in [0.15, 0.2) is 42.0 Å². The maximum absolute atomic E-state index is 12.8. The zero-order valence-electron chi connectivity index (χ0n) is 16.8. The highest BCUT2D eigenvalue weighted by molar-refractivity contribution is 7.13. The molecular formula is C21H22ClN5O2S. The number of aromatic nitrogens is 3. The third-order valence-electron chi connectivity index (χ3n) is 5.20. The molecule has 2 aromatic heterocycles. The Labute approximate surface area is 183 Å². The predicted octanol–water partition coefficient (Wildman–Crippen LogP) is 4.04. The molecule has 156 valence electrons. The van der Waals surface area contributed by atoms with Crippen LogP contribution < -0.4 is 0 Å². The molecule has 3 heterocycles. The number of benzene rings is 1. The van der Waals surface area contributed by atoms with Crippen LogP contribution in [0.25, 0.3) is 10.6 Å². The Morgan fingerprint density at radius 1 is 1.27 bits per heavy atom. The monoisotopic (exact) mass is 443 g/mol. The second-order valence-corrected chi connectivity index (χ2v) is 8.72.